The molecule has 1 heterocycles. The van der Waals surface area contributed by atoms with Crippen molar-refractivity contribution in [2.45, 2.75) is 13.0 Å². The number of ether oxygens (including phenoxy) is 1. The lowest BCUT2D eigenvalue weighted by atomic mass is 10.2. The van der Waals surface area contributed by atoms with E-state index in [0.29, 0.717) is 11.4 Å². The maximum absolute atomic E-state index is 12.2. The van der Waals surface area contributed by atoms with Gasteiger partial charge in [0, 0.05) is 22.4 Å². The average molecular weight is 351 g/mol. The minimum atomic E-state index is -0.614. The highest BCUT2D eigenvalue weighted by Gasteiger charge is 2.16. The van der Waals surface area contributed by atoms with Gasteiger partial charge in [0.1, 0.15) is 11.8 Å². The summed E-state index contributed by atoms with van der Waals surface area (Å²) in [5, 5.41) is 2.77. The van der Waals surface area contributed by atoms with E-state index in [9.17, 15) is 9.59 Å². The van der Waals surface area contributed by atoms with Crippen LogP contribution in [0, 0.1) is 0 Å². The molecule has 0 aliphatic rings. The van der Waals surface area contributed by atoms with Gasteiger partial charge >= 0.3 is 0 Å². The monoisotopic (exact) mass is 350 g/mol. The van der Waals surface area contributed by atoms with Crippen LogP contribution in [-0.4, -0.2) is 17.6 Å². The SMILES string of the molecule is COc1ccc(NC(=O)C(C)n2cc(Br)ccc2=O)cc1. The molecule has 0 fully saturated rings. The summed E-state index contributed by atoms with van der Waals surface area (Å²) in [6.45, 7) is 1.67. The molecule has 2 rings (SSSR count). The van der Waals surface area contributed by atoms with Gasteiger partial charge in [-0.15, -0.1) is 0 Å². The molecule has 1 N–H and O–H groups in total. The summed E-state index contributed by atoms with van der Waals surface area (Å²) in [6.07, 6.45) is 1.60. The molecule has 0 aliphatic carbocycles. The van der Waals surface area contributed by atoms with Crippen LogP contribution >= 0.6 is 15.9 Å². The van der Waals surface area contributed by atoms with Crippen LogP contribution in [0.5, 0.6) is 5.75 Å². The first-order valence-corrected chi connectivity index (χ1v) is 7.13. The van der Waals surface area contributed by atoms with Crippen LogP contribution < -0.4 is 15.6 Å². The van der Waals surface area contributed by atoms with Gasteiger partial charge in [-0.25, -0.2) is 0 Å². The van der Waals surface area contributed by atoms with E-state index < -0.39 is 6.04 Å². The van der Waals surface area contributed by atoms with Gasteiger partial charge < -0.3 is 14.6 Å². The lowest BCUT2D eigenvalue weighted by Gasteiger charge is -2.15. The molecule has 1 unspecified atom stereocenters. The smallest absolute Gasteiger partial charge is 0.251 e. The first-order chi connectivity index (χ1) is 10.0. The van der Waals surface area contributed by atoms with Crippen LogP contribution in [0.2, 0.25) is 0 Å². The van der Waals surface area contributed by atoms with Gasteiger partial charge in [0.15, 0.2) is 0 Å². The van der Waals surface area contributed by atoms with Crippen LogP contribution in [0.25, 0.3) is 0 Å². The van der Waals surface area contributed by atoms with Crippen molar-refractivity contribution in [2.75, 3.05) is 12.4 Å². The summed E-state index contributed by atoms with van der Waals surface area (Å²) in [5.41, 5.74) is 0.422. The molecule has 1 aromatic carbocycles. The average Bonchev–Trinajstić information content (AvgIpc) is 2.49. The molecule has 21 heavy (non-hydrogen) atoms. The molecule has 5 nitrogen and oxygen atoms in total. The largest absolute Gasteiger partial charge is 0.497 e. The summed E-state index contributed by atoms with van der Waals surface area (Å²) in [4.78, 5) is 24.0. The van der Waals surface area contributed by atoms with Crippen molar-refractivity contribution in [1.29, 1.82) is 0 Å². The number of nitrogens with zero attached hydrogens (tertiary/aromatic N) is 1. The summed E-state index contributed by atoms with van der Waals surface area (Å²) in [7, 11) is 1.58. The van der Waals surface area contributed by atoms with E-state index in [-0.39, 0.29) is 11.5 Å². The van der Waals surface area contributed by atoms with Gasteiger partial charge in [-0.2, -0.15) is 0 Å². The lowest BCUT2D eigenvalue weighted by molar-refractivity contribution is -0.118. The summed E-state index contributed by atoms with van der Waals surface area (Å²) in [5.74, 6) is 0.449. The van der Waals surface area contributed by atoms with E-state index in [1.54, 1.807) is 50.6 Å². The summed E-state index contributed by atoms with van der Waals surface area (Å²) < 4.78 is 7.18. The Hall–Kier alpha value is -2.08. The first kappa shape index (κ1) is 15.3. The van der Waals surface area contributed by atoms with Crippen LogP contribution in [0.15, 0.2) is 51.9 Å². The van der Waals surface area contributed by atoms with Gasteiger partial charge in [-0.1, -0.05) is 0 Å². The second-order valence-electron chi connectivity index (χ2n) is 4.49. The number of rotatable bonds is 4. The van der Waals surface area contributed by atoms with Crippen molar-refractivity contribution in [1.82, 2.24) is 4.57 Å². The predicted octanol–water partition coefficient (Wildman–Crippen LogP) is 2.82. The predicted molar refractivity (Wildman–Crippen MR) is 84.7 cm³/mol. The molecular weight excluding hydrogens is 336 g/mol. The molecule has 1 atom stereocenters. The van der Waals surface area contributed by atoms with Gasteiger partial charge in [-0.3, -0.25) is 9.59 Å². The van der Waals surface area contributed by atoms with Crippen LogP contribution in [0.1, 0.15) is 13.0 Å². The number of aromatic nitrogens is 1. The molecule has 0 radical (unpaired) electrons. The molecule has 2 aromatic rings. The number of carbonyl (C=O) groups is 1. The van der Waals surface area contributed by atoms with Crippen LogP contribution in [0.4, 0.5) is 5.69 Å². The van der Waals surface area contributed by atoms with E-state index in [4.69, 9.17) is 4.74 Å². The number of anilines is 1. The lowest BCUT2D eigenvalue weighted by Crippen LogP contribution is -2.30. The highest BCUT2D eigenvalue weighted by Crippen LogP contribution is 2.17. The molecule has 0 aliphatic heterocycles. The Bertz CT molecular complexity index is 695. The molecule has 6 heteroatoms. The number of hydrogen-bond donors (Lipinski definition) is 1. The van der Waals surface area contributed by atoms with Crippen molar-refractivity contribution in [2.24, 2.45) is 0 Å². The highest BCUT2D eigenvalue weighted by atomic mass is 79.9. The Morgan fingerprint density at radius 1 is 1.24 bits per heavy atom. The summed E-state index contributed by atoms with van der Waals surface area (Å²) in [6, 6.07) is 9.45. The Morgan fingerprint density at radius 3 is 2.52 bits per heavy atom. The van der Waals surface area contributed by atoms with Gasteiger partial charge in [0.25, 0.3) is 5.56 Å². The second-order valence-corrected chi connectivity index (χ2v) is 5.40. The third kappa shape index (κ3) is 3.72. The Balaban J connectivity index is 2.15. The van der Waals surface area contributed by atoms with Gasteiger partial charge in [0.05, 0.1) is 7.11 Å². The van der Waals surface area contributed by atoms with Gasteiger partial charge in [-0.05, 0) is 53.2 Å². The maximum atomic E-state index is 12.2. The molecule has 110 valence electrons. The normalized spacial score (nSPS) is 11.8. The summed E-state index contributed by atoms with van der Waals surface area (Å²) >= 11 is 3.29. The van der Waals surface area contributed by atoms with Crippen molar-refractivity contribution in [3.05, 3.63) is 57.4 Å². The molecule has 0 bridgehead atoms. The Labute approximate surface area is 130 Å². The topological polar surface area (TPSA) is 60.3 Å². The third-order valence-corrected chi connectivity index (χ3v) is 3.53. The van der Waals surface area contributed by atoms with Crippen molar-refractivity contribution >= 4 is 27.5 Å². The molecule has 0 saturated carbocycles. The zero-order chi connectivity index (χ0) is 15.4. The fourth-order valence-corrected chi connectivity index (χ4v) is 2.18. The molecule has 1 aromatic heterocycles. The highest BCUT2D eigenvalue weighted by molar-refractivity contribution is 9.10. The van der Waals surface area contributed by atoms with E-state index in [1.807, 2.05) is 0 Å². The Morgan fingerprint density at radius 2 is 1.90 bits per heavy atom. The Kier molecular flexibility index (Phi) is 4.80. The van der Waals surface area contributed by atoms with E-state index >= 15 is 0 Å². The number of hydrogen-bond acceptors (Lipinski definition) is 3. The van der Waals surface area contributed by atoms with Crippen molar-refractivity contribution < 1.29 is 9.53 Å². The fourth-order valence-electron chi connectivity index (χ4n) is 1.83. The molecular formula is C15H15BrN2O3. The molecule has 0 saturated heterocycles. The number of amides is 1. The van der Waals surface area contributed by atoms with Gasteiger partial charge in [0.2, 0.25) is 5.91 Å². The fraction of sp³-hybridized carbons (Fsp3) is 0.200. The number of halogens is 1. The van der Waals surface area contributed by atoms with Crippen molar-refractivity contribution in [3.8, 4) is 5.75 Å². The zero-order valence-corrected chi connectivity index (χ0v) is 13.3. The van der Waals surface area contributed by atoms with E-state index in [1.165, 1.54) is 10.6 Å². The molecule has 0 spiro atoms. The number of benzene rings is 1. The van der Waals surface area contributed by atoms with Crippen LogP contribution in [0.3, 0.4) is 0 Å². The van der Waals surface area contributed by atoms with Crippen molar-refractivity contribution in [3.63, 3.8) is 0 Å². The van der Waals surface area contributed by atoms with E-state index in [2.05, 4.69) is 21.2 Å². The number of pyridine rings is 1. The quantitative estimate of drug-likeness (QED) is 0.922. The van der Waals surface area contributed by atoms with Crippen LogP contribution in [-0.2, 0) is 4.79 Å². The minimum absolute atomic E-state index is 0.226. The molecule has 1 amide bonds. The number of carbonyl (C=O) groups excluding carboxylic acids is 1. The van der Waals surface area contributed by atoms with E-state index in [0.717, 1.165) is 4.47 Å². The zero-order valence-electron chi connectivity index (χ0n) is 11.7. The minimum Gasteiger partial charge on any atom is -0.497 e. The number of nitrogens with one attached hydrogen (secondary N) is 1. The number of methoxy groups -OCH3 is 1. The second kappa shape index (κ2) is 6.58. The maximum Gasteiger partial charge on any atom is 0.251 e. The standard InChI is InChI=1S/C15H15BrN2O3/c1-10(18-9-11(16)3-8-14(18)19)15(20)17-12-4-6-13(21-2)7-5-12/h3-10H,1-2H3,(H,17,20). The third-order valence-electron chi connectivity index (χ3n) is 3.06. The first-order valence-electron chi connectivity index (χ1n) is 6.34.